The van der Waals surface area contributed by atoms with Crippen LogP contribution in [-0.4, -0.2) is 186 Å². The van der Waals surface area contributed by atoms with Crippen LogP contribution in [0, 0.1) is 23.7 Å². The molecule has 1 aromatic heterocycles. The van der Waals surface area contributed by atoms with Crippen molar-refractivity contribution in [2.45, 2.75) is 211 Å². The molecule has 5 heterocycles. The molecule has 21 nitrogen and oxygen atoms in total. The fourth-order valence-electron chi connectivity index (χ4n) is 12.3. The Kier molecular flexibility index (Phi) is 21.2. The van der Waals surface area contributed by atoms with E-state index in [1.807, 2.05) is 38.9 Å². The number of ketones is 1. The van der Waals surface area contributed by atoms with Crippen molar-refractivity contribution in [2.75, 3.05) is 48.0 Å². The molecule has 440 valence electrons. The van der Waals surface area contributed by atoms with Gasteiger partial charge in [0.2, 0.25) is 5.43 Å². The van der Waals surface area contributed by atoms with Crippen LogP contribution in [-0.2, 0) is 65.2 Å². The van der Waals surface area contributed by atoms with Crippen molar-refractivity contribution in [3.63, 3.8) is 0 Å². The number of carboxylic acids is 1. The number of aryl methyl sites for hydroxylation is 2. The van der Waals surface area contributed by atoms with Crippen molar-refractivity contribution in [3.05, 3.63) is 39.7 Å². The summed E-state index contributed by atoms with van der Waals surface area (Å²) in [6, 6.07) is 3.29. The van der Waals surface area contributed by atoms with E-state index >= 15 is 0 Å². The van der Waals surface area contributed by atoms with Gasteiger partial charge in [-0.25, -0.2) is 4.79 Å². The van der Waals surface area contributed by atoms with Crippen molar-refractivity contribution < 1.29 is 82.2 Å². The molecule has 78 heavy (non-hydrogen) atoms. The molecule has 1 aromatic carbocycles. The van der Waals surface area contributed by atoms with Gasteiger partial charge in [0.05, 0.1) is 66.0 Å². The van der Waals surface area contributed by atoms with Crippen LogP contribution >= 0.6 is 0 Å². The number of aliphatic hydroxyl groups excluding tert-OH is 2. The molecule has 0 bridgehead atoms. The van der Waals surface area contributed by atoms with Crippen LogP contribution in [0.25, 0.3) is 10.9 Å². The Balaban J connectivity index is 1.19. The van der Waals surface area contributed by atoms with E-state index in [2.05, 4.69) is 5.32 Å². The first-order chi connectivity index (χ1) is 36.6. The highest BCUT2D eigenvalue weighted by Crippen LogP contribution is 2.42. The maximum atomic E-state index is 14.6. The Bertz CT molecular complexity index is 2470. The summed E-state index contributed by atoms with van der Waals surface area (Å²) in [5.41, 5.74) is -3.96. The first-order valence-electron chi connectivity index (χ1n) is 27.8. The van der Waals surface area contributed by atoms with E-state index in [0.717, 1.165) is 5.56 Å². The number of esters is 2. The summed E-state index contributed by atoms with van der Waals surface area (Å²) in [4.78, 5) is 69.4. The third-order valence-electron chi connectivity index (χ3n) is 17.0. The van der Waals surface area contributed by atoms with Crippen LogP contribution in [0.15, 0.2) is 23.1 Å². The number of carbonyl (C=O) groups is 4. The van der Waals surface area contributed by atoms with Crippen molar-refractivity contribution in [3.8, 4) is 5.75 Å². The number of cyclic esters (lactones) is 1. The molecule has 0 saturated carbocycles. The Hall–Kier alpha value is -4.13. The lowest BCUT2D eigenvalue weighted by Crippen LogP contribution is -2.61. The molecular formula is C57H89N3O18. The topological polar surface area (TPSA) is 270 Å². The minimum atomic E-state index is -2.03. The molecule has 4 aliphatic heterocycles. The van der Waals surface area contributed by atoms with Crippen molar-refractivity contribution >= 4 is 34.6 Å². The van der Waals surface area contributed by atoms with Crippen molar-refractivity contribution in [2.24, 2.45) is 23.7 Å². The van der Waals surface area contributed by atoms with E-state index in [1.165, 1.54) is 34.3 Å². The Labute approximate surface area is 458 Å². The predicted molar refractivity (Wildman–Crippen MR) is 286 cm³/mol. The van der Waals surface area contributed by atoms with Gasteiger partial charge in [-0.1, -0.05) is 27.7 Å². The van der Waals surface area contributed by atoms with Crippen LogP contribution in [0.5, 0.6) is 5.75 Å². The van der Waals surface area contributed by atoms with Crippen LogP contribution in [0.1, 0.15) is 130 Å². The first kappa shape index (κ1) is 63.1. The largest absolute Gasteiger partial charge is 0.491 e. The number of aromatic carboxylic acids is 1. The minimum absolute atomic E-state index is 0.0204. The molecule has 2 aromatic rings. The molecule has 3 fully saturated rings. The molecule has 18 atom stereocenters. The minimum Gasteiger partial charge on any atom is -0.491 e. The van der Waals surface area contributed by atoms with Crippen molar-refractivity contribution in [1.29, 1.82) is 0 Å². The second kappa shape index (κ2) is 26.2. The van der Waals surface area contributed by atoms with E-state index in [0.29, 0.717) is 68.6 Å². The number of hydrogen-bond donors (Lipinski definition) is 5. The highest BCUT2D eigenvalue weighted by atomic mass is 16.7. The van der Waals surface area contributed by atoms with Crippen LogP contribution in [0.4, 0.5) is 0 Å². The maximum Gasteiger partial charge on any atom is 0.341 e. The predicted octanol–water partition coefficient (Wildman–Crippen LogP) is 4.40. The standard InChI is InChI=1S/C57H89N3O18/c1-15-41-57(10,69)49(65)32(4)45(62)30(2)27-55(8,70-13)50(78-54-47(64)39(59(11)12)24-31(3)73-54)33(5)48(34(6)53(68)75-41)77-43-28-56(9,71-14)51(35(7)74-43)76-42(61)19-21-58-20-16-18-36-25-37-44-40(26-36)72-23-17-22-60(44)29-38(46(37)63)52(66)67/h25-26,29-35,39,41,43,47-51,54,58,64-65,69H,15-24,27-28H2,1-14H3,(H,66,67)/t30-,31+,32+,33+,34-,35+,39-,41-,43+,47+,48+,49-,50-,51+,54-,55-,56-,57-/m1/s1. The van der Waals surface area contributed by atoms with Gasteiger partial charge in [-0.3, -0.25) is 19.2 Å². The van der Waals surface area contributed by atoms with Crippen LogP contribution < -0.4 is 15.5 Å². The second-order valence-electron chi connectivity index (χ2n) is 23.3. The molecule has 3 saturated heterocycles. The number of Topliss-reactive ketones (excluding diaryl/α,β-unsaturated/α-hetero) is 1. The fraction of sp³-hybridized carbons (Fsp3) is 0.772. The van der Waals surface area contributed by atoms with Gasteiger partial charge >= 0.3 is 17.9 Å². The Morgan fingerprint density at radius 3 is 2.23 bits per heavy atom. The molecule has 4 aliphatic rings. The van der Waals surface area contributed by atoms with Crippen molar-refractivity contribution in [1.82, 2.24) is 14.8 Å². The third kappa shape index (κ3) is 13.8. The number of pyridine rings is 1. The molecule has 6 rings (SSSR count). The summed E-state index contributed by atoms with van der Waals surface area (Å²) >= 11 is 0. The zero-order valence-corrected chi connectivity index (χ0v) is 48.3. The number of rotatable bonds is 17. The first-order valence-corrected chi connectivity index (χ1v) is 27.8. The molecule has 0 unspecified atom stereocenters. The summed E-state index contributed by atoms with van der Waals surface area (Å²) < 4.78 is 59.1. The number of hydrogen-bond acceptors (Lipinski definition) is 19. The van der Waals surface area contributed by atoms with E-state index < -0.39 is 119 Å². The number of carboxylic acid groups (broad SMARTS) is 1. The van der Waals surface area contributed by atoms with Gasteiger partial charge in [0, 0.05) is 63.7 Å². The fourth-order valence-corrected chi connectivity index (χ4v) is 12.3. The SMILES string of the molecule is CC[C@H]1OC(=O)[C@H](C)[C@@H](O[C@H]2C[C@@](C)(OC)[C@@H](OC(=O)CCNCCCc3cc4c5c(c3)c(=O)c(C(=O)O)cn5CCCO4)[C@H](C)O2)[C@H](C)[C@@H](O[C@H]2O[C@@H](C)C[C@@H](N(C)C)[C@@H]2O)[C@](C)(OC)C[C@@H](C)C(=O)[C@H](C)[C@@H](O)[C@]1(C)O. The molecule has 0 spiro atoms. The Morgan fingerprint density at radius 1 is 0.910 bits per heavy atom. The molecule has 0 radical (unpaired) electrons. The zero-order chi connectivity index (χ0) is 57.8. The molecule has 0 amide bonds. The normalized spacial score (nSPS) is 37.3. The number of aliphatic hydroxyl groups is 3. The Morgan fingerprint density at radius 2 is 1.59 bits per heavy atom. The average molecular weight is 1100 g/mol. The van der Waals surface area contributed by atoms with Gasteiger partial charge in [-0.2, -0.15) is 0 Å². The number of carbonyl (C=O) groups excluding carboxylic acids is 3. The number of likely N-dealkylation sites (N-methyl/N-ethyl adjacent to an activating group) is 1. The number of nitrogens with zero attached hydrogens (tertiary/aromatic N) is 2. The molecular weight excluding hydrogens is 1010 g/mol. The van der Waals surface area contributed by atoms with Gasteiger partial charge < -0.3 is 77.8 Å². The summed E-state index contributed by atoms with van der Waals surface area (Å²) in [7, 11) is 6.72. The van der Waals surface area contributed by atoms with Gasteiger partial charge in [-0.05, 0) is 118 Å². The quantitative estimate of drug-likeness (QED) is 0.109. The van der Waals surface area contributed by atoms with E-state index in [4.69, 9.17) is 42.6 Å². The monoisotopic (exact) mass is 1100 g/mol. The van der Waals surface area contributed by atoms with Gasteiger partial charge in [0.1, 0.15) is 40.5 Å². The molecule has 21 heteroatoms. The van der Waals surface area contributed by atoms with E-state index in [1.54, 1.807) is 52.2 Å². The lowest BCUT2D eigenvalue weighted by Gasteiger charge is -2.50. The van der Waals surface area contributed by atoms with Crippen LogP contribution in [0.2, 0.25) is 0 Å². The number of methoxy groups -OCH3 is 2. The zero-order valence-electron chi connectivity index (χ0n) is 48.3. The lowest BCUT2D eigenvalue weighted by atomic mass is 9.74. The highest BCUT2D eigenvalue weighted by Gasteiger charge is 2.55. The smallest absolute Gasteiger partial charge is 0.341 e. The summed E-state index contributed by atoms with van der Waals surface area (Å²) in [5, 5.41) is 48.6. The number of benzene rings is 1. The summed E-state index contributed by atoms with van der Waals surface area (Å²) in [6.07, 6.45) is -6.37. The van der Waals surface area contributed by atoms with E-state index in [9.17, 15) is 44.4 Å². The van der Waals surface area contributed by atoms with Gasteiger partial charge in [0.15, 0.2) is 18.7 Å². The average Bonchev–Trinajstić information content (AvgIpc) is 3.68. The summed E-state index contributed by atoms with van der Waals surface area (Å²) in [6.45, 7) is 18.8. The van der Waals surface area contributed by atoms with Crippen LogP contribution in [0.3, 0.4) is 0 Å². The molecule has 5 N–H and O–H groups in total. The second-order valence-corrected chi connectivity index (χ2v) is 23.3. The lowest BCUT2D eigenvalue weighted by molar-refractivity contribution is -0.320. The highest BCUT2D eigenvalue weighted by molar-refractivity contribution is 5.94. The third-order valence-corrected chi connectivity index (χ3v) is 17.0. The number of aromatic nitrogens is 1. The number of nitrogens with one attached hydrogen (secondary N) is 1. The number of ether oxygens (including phenoxy) is 9. The maximum absolute atomic E-state index is 14.6. The van der Waals surface area contributed by atoms with E-state index in [-0.39, 0.29) is 49.2 Å². The van der Waals surface area contributed by atoms with Gasteiger partial charge in [0.25, 0.3) is 0 Å². The molecule has 0 aliphatic carbocycles. The summed E-state index contributed by atoms with van der Waals surface area (Å²) in [5.74, 6) is -6.09. The van der Waals surface area contributed by atoms with Gasteiger partial charge in [-0.15, -0.1) is 0 Å².